The average molecular weight is 470 g/mol. The number of hydrogen-bond acceptors (Lipinski definition) is 2. The predicted molar refractivity (Wildman–Crippen MR) is 124 cm³/mol. The second kappa shape index (κ2) is 9.07. The number of rotatable bonds is 6. The lowest BCUT2D eigenvalue weighted by atomic mass is 10.1. The molecule has 0 atom stereocenters. The highest BCUT2D eigenvalue weighted by atomic mass is 35.5. The lowest BCUT2D eigenvalue weighted by Gasteiger charge is -2.17. The van der Waals surface area contributed by atoms with Crippen LogP contribution in [0.1, 0.15) is 21.6 Å². The Hall–Kier alpha value is -3.28. The topological polar surface area (TPSA) is 51.5 Å². The molecule has 3 aromatic carbocycles. The van der Waals surface area contributed by atoms with Crippen molar-refractivity contribution < 1.29 is 19.0 Å². The minimum absolute atomic E-state index is 0.126. The molecular weight excluding hydrogens is 452 g/mol. The second-order valence-corrected chi connectivity index (χ2v) is 8.06. The fourth-order valence-electron chi connectivity index (χ4n) is 3.49. The van der Waals surface area contributed by atoms with Gasteiger partial charge >= 0.3 is 5.97 Å². The Balaban J connectivity index is 1.75. The maximum atomic E-state index is 13.4. The summed E-state index contributed by atoms with van der Waals surface area (Å²) < 4.78 is 21.3. The van der Waals surface area contributed by atoms with E-state index in [1.54, 1.807) is 36.4 Å². The lowest BCUT2D eigenvalue weighted by Crippen LogP contribution is -2.04. The summed E-state index contributed by atoms with van der Waals surface area (Å²) in [5, 5.41) is 10.1. The van der Waals surface area contributed by atoms with Crippen LogP contribution in [0.5, 0.6) is 5.75 Å². The van der Waals surface area contributed by atoms with Gasteiger partial charge in [0.2, 0.25) is 0 Å². The number of aromatic nitrogens is 1. The third kappa shape index (κ3) is 4.49. The standard InChI is InChI=1S/C25H18Cl2FNO3/c1-15-5-10-23(29(15)20-4-2-3-16(11-20)25(30)31)21-9-7-18(26)12-24(21)32-14-17-6-8-19(28)13-22(17)27/h2-13H,14H2,1H3,(H,30,31). The van der Waals surface area contributed by atoms with E-state index in [2.05, 4.69) is 0 Å². The van der Waals surface area contributed by atoms with E-state index >= 15 is 0 Å². The summed E-state index contributed by atoms with van der Waals surface area (Å²) in [7, 11) is 0. The zero-order chi connectivity index (χ0) is 22.8. The van der Waals surface area contributed by atoms with Gasteiger partial charge in [-0.1, -0.05) is 35.3 Å². The maximum Gasteiger partial charge on any atom is 0.335 e. The molecule has 1 N–H and O–H groups in total. The molecular formula is C25H18Cl2FNO3. The summed E-state index contributed by atoms with van der Waals surface area (Å²) in [6.45, 7) is 2.06. The van der Waals surface area contributed by atoms with Crippen LogP contribution in [0.2, 0.25) is 10.0 Å². The van der Waals surface area contributed by atoms with Crippen LogP contribution in [0.3, 0.4) is 0 Å². The molecule has 4 aromatic rings. The number of aryl methyl sites for hydroxylation is 1. The van der Waals surface area contributed by atoms with Gasteiger partial charge in [0.25, 0.3) is 0 Å². The number of hydrogen-bond donors (Lipinski definition) is 1. The van der Waals surface area contributed by atoms with E-state index in [0.29, 0.717) is 22.0 Å². The Morgan fingerprint density at radius 3 is 2.59 bits per heavy atom. The SMILES string of the molecule is Cc1ccc(-c2ccc(Cl)cc2OCc2ccc(F)cc2Cl)n1-c1cccc(C(=O)O)c1. The molecule has 0 aliphatic heterocycles. The van der Waals surface area contributed by atoms with Gasteiger partial charge in [0, 0.05) is 27.5 Å². The van der Waals surface area contributed by atoms with Crippen LogP contribution in [-0.4, -0.2) is 15.6 Å². The zero-order valence-corrected chi connectivity index (χ0v) is 18.5. The van der Waals surface area contributed by atoms with Crippen molar-refractivity contribution in [1.29, 1.82) is 0 Å². The van der Waals surface area contributed by atoms with E-state index in [1.165, 1.54) is 12.1 Å². The molecule has 4 rings (SSSR count). The van der Waals surface area contributed by atoms with Gasteiger partial charge in [-0.15, -0.1) is 0 Å². The normalized spacial score (nSPS) is 10.9. The van der Waals surface area contributed by atoms with Crippen LogP contribution in [0.15, 0.2) is 72.8 Å². The molecule has 0 aliphatic rings. The van der Waals surface area contributed by atoms with E-state index < -0.39 is 11.8 Å². The van der Waals surface area contributed by atoms with Crippen LogP contribution in [0.25, 0.3) is 16.9 Å². The highest BCUT2D eigenvalue weighted by Crippen LogP contribution is 2.36. The first-order valence-electron chi connectivity index (χ1n) is 9.72. The maximum absolute atomic E-state index is 13.4. The molecule has 0 amide bonds. The fourth-order valence-corrected chi connectivity index (χ4v) is 3.87. The molecule has 0 saturated carbocycles. The Kier molecular flexibility index (Phi) is 6.21. The van der Waals surface area contributed by atoms with Crippen molar-refractivity contribution in [2.75, 3.05) is 0 Å². The Bertz CT molecular complexity index is 1320. The molecule has 0 saturated heterocycles. The Morgan fingerprint density at radius 1 is 1.03 bits per heavy atom. The van der Waals surface area contributed by atoms with Crippen LogP contribution in [0.4, 0.5) is 4.39 Å². The van der Waals surface area contributed by atoms with E-state index in [4.69, 9.17) is 27.9 Å². The number of halogens is 3. The molecule has 162 valence electrons. The van der Waals surface area contributed by atoms with Crippen LogP contribution >= 0.6 is 23.2 Å². The first-order chi connectivity index (χ1) is 15.3. The number of carboxylic acid groups (broad SMARTS) is 1. The van der Waals surface area contributed by atoms with Crippen molar-refractivity contribution in [2.45, 2.75) is 13.5 Å². The van der Waals surface area contributed by atoms with Gasteiger partial charge in [-0.3, -0.25) is 0 Å². The van der Waals surface area contributed by atoms with Crippen LogP contribution in [-0.2, 0) is 6.61 Å². The summed E-state index contributed by atoms with van der Waals surface area (Å²) in [6, 6.07) is 20.0. The number of aromatic carboxylic acids is 1. The summed E-state index contributed by atoms with van der Waals surface area (Å²) in [5.41, 5.74) is 4.04. The van der Waals surface area contributed by atoms with Crippen molar-refractivity contribution in [3.8, 4) is 22.7 Å². The average Bonchev–Trinajstić information content (AvgIpc) is 3.14. The molecule has 32 heavy (non-hydrogen) atoms. The molecule has 0 aliphatic carbocycles. The van der Waals surface area contributed by atoms with Gasteiger partial charge in [-0.2, -0.15) is 0 Å². The molecule has 4 nitrogen and oxygen atoms in total. The Morgan fingerprint density at radius 2 is 1.84 bits per heavy atom. The van der Waals surface area contributed by atoms with Crippen molar-refractivity contribution in [3.05, 3.63) is 105 Å². The van der Waals surface area contributed by atoms with Gasteiger partial charge in [0.1, 0.15) is 18.2 Å². The monoisotopic (exact) mass is 469 g/mol. The van der Waals surface area contributed by atoms with E-state index in [-0.39, 0.29) is 17.2 Å². The van der Waals surface area contributed by atoms with Crippen molar-refractivity contribution in [3.63, 3.8) is 0 Å². The van der Waals surface area contributed by atoms with Gasteiger partial charge < -0.3 is 14.4 Å². The molecule has 0 spiro atoms. The minimum Gasteiger partial charge on any atom is -0.488 e. The molecule has 7 heteroatoms. The third-order valence-corrected chi connectivity index (χ3v) is 5.63. The first-order valence-corrected chi connectivity index (χ1v) is 10.5. The third-order valence-electron chi connectivity index (χ3n) is 5.05. The lowest BCUT2D eigenvalue weighted by molar-refractivity contribution is 0.0697. The summed E-state index contributed by atoms with van der Waals surface area (Å²) >= 11 is 12.4. The summed E-state index contributed by atoms with van der Waals surface area (Å²) in [5.74, 6) is -0.893. The van der Waals surface area contributed by atoms with Crippen LogP contribution < -0.4 is 4.74 Å². The highest BCUT2D eigenvalue weighted by Gasteiger charge is 2.16. The molecule has 1 heterocycles. The second-order valence-electron chi connectivity index (χ2n) is 7.22. The van der Waals surface area contributed by atoms with Crippen LogP contribution in [0, 0.1) is 12.7 Å². The van der Waals surface area contributed by atoms with Gasteiger partial charge in [0.15, 0.2) is 0 Å². The number of carboxylic acids is 1. The zero-order valence-electron chi connectivity index (χ0n) is 17.0. The Labute approximate surface area is 194 Å². The highest BCUT2D eigenvalue weighted by molar-refractivity contribution is 6.31. The first kappa shape index (κ1) is 21.9. The van der Waals surface area contributed by atoms with Crippen molar-refractivity contribution in [1.82, 2.24) is 4.57 Å². The number of nitrogens with zero attached hydrogens (tertiary/aromatic N) is 1. The number of benzene rings is 3. The number of carbonyl (C=O) groups is 1. The van der Waals surface area contributed by atoms with Crippen molar-refractivity contribution in [2.24, 2.45) is 0 Å². The smallest absolute Gasteiger partial charge is 0.335 e. The molecule has 0 bridgehead atoms. The van der Waals surface area contributed by atoms with Gasteiger partial charge in [0.05, 0.1) is 16.3 Å². The predicted octanol–water partition coefficient (Wildman–Crippen LogP) is 7.18. The van der Waals surface area contributed by atoms with E-state index in [1.807, 2.05) is 35.8 Å². The quantitative estimate of drug-likeness (QED) is 0.325. The number of ether oxygens (including phenoxy) is 1. The van der Waals surface area contributed by atoms with Crippen molar-refractivity contribution >= 4 is 29.2 Å². The summed E-state index contributed by atoms with van der Waals surface area (Å²) in [4.78, 5) is 11.4. The van der Waals surface area contributed by atoms with E-state index in [9.17, 15) is 14.3 Å². The minimum atomic E-state index is -0.995. The van der Waals surface area contributed by atoms with Gasteiger partial charge in [-0.05, 0) is 67.6 Å². The fraction of sp³-hybridized carbons (Fsp3) is 0.0800. The van der Waals surface area contributed by atoms with Gasteiger partial charge in [-0.25, -0.2) is 9.18 Å². The summed E-state index contributed by atoms with van der Waals surface area (Å²) in [6.07, 6.45) is 0. The molecule has 0 unspecified atom stereocenters. The molecule has 1 aromatic heterocycles. The van der Waals surface area contributed by atoms with E-state index in [0.717, 1.165) is 17.0 Å². The largest absolute Gasteiger partial charge is 0.488 e. The molecule has 0 radical (unpaired) electrons. The molecule has 0 fully saturated rings.